The molecule has 0 bridgehead atoms. The first kappa shape index (κ1) is 6.82. The molecule has 0 rings (SSSR count). The third-order valence-corrected chi connectivity index (χ3v) is 0.593. The van der Waals surface area contributed by atoms with Crippen LogP contribution in [0, 0.1) is 0 Å². The number of nitrogens with one attached hydrogen (secondary N) is 1. The van der Waals surface area contributed by atoms with Crippen LogP contribution < -0.4 is 5.32 Å². The van der Waals surface area contributed by atoms with Gasteiger partial charge in [0, 0.05) is 6.54 Å². The van der Waals surface area contributed by atoms with Crippen LogP contribution in [0.3, 0.4) is 0 Å². The predicted octanol–water partition coefficient (Wildman–Crippen LogP) is 0.513. The number of hydrogen-bond acceptors (Lipinski definition) is 1. The minimum atomic E-state index is -1.33. The maximum Gasteiger partial charge on any atom is 0.141 e. The highest BCUT2D eigenvalue weighted by molar-refractivity contribution is 4.53. The molecule has 44 valence electrons. The van der Waals surface area contributed by atoms with Crippen molar-refractivity contribution >= 4 is 0 Å². The van der Waals surface area contributed by atoms with E-state index >= 15 is 0 Å². The predicted molar refractivity (Wildman–Crippen MR) is 24.8 cm³/mol. The second kappa shape index (κ2) is 3.99. The van der Waals surface area contributed by atoms with Gasteiger partial charge in [-0.2, -0.15) is 0 Å². The summed E-state index contributed by atoms with van der Waals surface area (Å²) in [6, 6.07) is 0. The Bertz CT molecular complexity index is 40.7. The average Bonchev–Trinajstić information content (AvgIpc) is 1.68. The Morgan fingerprint density at radius 3 is 2.43 bits per heavy atom. The van der Waals surface area contributed by atoms with Crippen molar-refractivity contribution in [3.63, 3.8) is 0 Å². The van der Waals surface area contributed by atoms with Crippen molar-refractivity contribution < 1.29 is 8.78 Å². The molecule has 1 N–H and O–H groups in total. The summed E-state index contributed by atoms with van der Waals surface area (Å²) < 4.78 is 22.9. The Morgan fingerprint density at radius 2 is 2.29 bits per heavy atom. The van der Waals surface area contributed by atoms with Crippen molar-refractivity contribution in [2.75, 3.05) is 20.3 Å². The summed E-state index contributed by atoms with van der Waals surface area (Å²) in [6.07, 6.45) is -1.33. The fourth-order valence-electron chi connectivity index (χ4n) is 0.276. The summed E-state index contributed by atoms with van der Waals surface area (Å²) >= 11 is 0. The lowest BCUT2D eigenvalue weighted by Gasteiger charge is -1.98. The average molecular weight is 109 g/mol. The minimum Gasteiger partial charge on any atom is -0.317 e. The SMILES string of the molecule is CNCC(F)CF. The standard InChI is InChI=1S/C4H9F2N/c1-7-3-4(6)2-5/h4,7H,2-3H2,1H3. The third kappa shape index (κ3) is 3.66. The Labute approximate surface area is 41.7 Å². The summed E-state index contributed by atoms with van der Waals surface area (Å²) in [5, 5.41) is 2.50. The molecule has 0 aromatic carbocycles. The van der Waals surface area contributed by atoms with Crippen molar-refractivity contribution in [3.05, 3.63) is 0 Å². The van der Waals surface area contributed by atoms with E-state index in [0.717, 1.165) is 0 Å². The van der Waals surface area contributed by atoms with Crippen LogP contribution >= 0.6 is 0 Å². The van der Waals surface area contributed by atoms with Crippen molar-refractivity contribution in [3.8, 4) is 0 Å². The van der Waals surface area contributed by atoms with Gasteiger partial charge in [-0.15, -0.1) is 0 Å². The lowest BCUT2D eigenvalue weighted by atomic mass is 10.4. The quantitative estimate of drug-likeness (QED) is 0.557. The number of alkyl halides is 2. The molecular formula is C4H9F2N. The Kier molecular flexibility index (Phi) is 3.89. The molecule has 0 aliphatic rings. The Morgan fingerprint density at radius 1 is 1.71 bits per heavy atom. The Balaban J connectivity index is 2.83. The molecule has 0 spiro atoms. The molecule has 0 aromatic rings. The monoisotopic (exact) mass is 109 g/mol. The van der Waals surface area contributed by atoms with E-state index in [4.69, 9.17) is 0 Å². The molecule has 0 saturated carbocycles. The molecule has 0 saturated heterocycles. The smallest absolute Gasteiger partial charge is 0.141 e. The van der Waals surface area contributed by atoms with Crippen LogP contribution in [0.15, 0.2) is 0 Å². The van der Waals surface area contributed by atoms with Crippen molar-refractivity contribution in [2.24, 2.45) is 0 Å². The third-order valence-electron chi connectivity index (χ3n) is 0.593. The van der Waals surface area contributed by atoms with Gasteiger partial charge in [-0.1, -0.05) is 0 Å². The highest BCUT2D eigenvalue weighted by atomic mass is 19.2. The summed E-state index contributed by atoms with van der Waals surface area (Å²) in [7, 11) is 1.59. The lowest BCUT2D eigenvalue weighted by Crippen LogP contribution is -2.20. The highest BCUT2D eigenvalue weighted by Crippen LogP contribution is 1.86. The van der Waals surface area contributed by atoms with Crippen molar-refractivity contribution in [2.45, 2.75) is 6.17 Å². The van der Waals surface area contributed by atoms with Gasteiger partial charge >= 0.3 is 0 Å². The van der Waals surface area contributed by atoms with E-state index in [1.807, 2.05) is 0 Å². The molecule has 0 aliphatic carbocycles. The fraction of sp³-hybridized carbons (Fsp3) is 1.00. The fourth-order valence-corrected chi connectivity index (χ4v) is 0.276. The Hall–Kier alpha value is -0.180. The summed E-state index contributed by atoms with van der Waals surface area (Å²) in [4.78, 5) is 0. The van der Waals surface area contributed by atoms with Crippen molar-refractivity contribution in [1.82, 2.24) is 5.32 Å². The number of rotatable bonds is 3. The van der Waals surface area contributed by atoms with Gasteiger partial charge in [0.1, 0.15) is 12.8 Å². The van der Waals surface area contributed by atoms with Crippen LogP contribution in [0.4, 0.5) is 8.78 Å². The molecule has 0 amide bonds. The van der Waals surface area contributed by atoms with Crippen LogP contribution in [-0.4, -0.2) is 26.4 Å². The molecule has 1 unspecified atom stereocenters. The lowest BCUT2D eigenvalue weighted by molar-refractivity contribution is 0.257. The van der Waals surface area contributed by atoms with E-state index in [1.54, 1.807) is 7.05 Å². The molecule has 7 heavy (non-hydrogen) atoms. The molecule has 0 heterocycles. The molecule has 0 radical (unpaired) electrons. The highest BCUT2D eigenvalue weighted by Gasteiger charge is 2.00. The first-order valence-corrected chi connectivity index (χ1v) is 2.16. The molecular weight excluding hydrogens is 100 g/mol. The topological polar surface area (TPSA) is 12.0 Å². The van der Waals surface area contributed by atoms with Gasteiger partial charge in [-0.05, 0) is 7.05 Å². The first-order valence-electron chi connectivity index (χ1n) is 2.16. The van der Waals surface area contributed by atoms with Crippen LogP contribution in [0.2, 0.25) is 0 Å². The molecule has 0 fully saturated rings. The van der Waals surface area contributed by atoms with Gasteiger partial charge in [0.05, 0.1) is 0 Å². The zero-order valence-corrected chi connectivity index (χ0v) is 4.25. The van der Waals surface area contributed by atoms with Crippen LogP contribution in [0.25, 0.3) is 0 Å². The van der Waals surface area contributed by atoms with E-state index in [9.17, 15) is 8.78 Å². The van der Waals surface area contributed by atoms with Gasteiger partial charge in [-0.25, -0.2) is 8.78 Å². The second-order valence-electron chi connectivity index (χ2n) is 1.31. The van der Waals surface area contributed by atoms with Gasteiger partial charge < -0.3 is 5.32 Å². The molecule has 0 aliphatic heterocycles. The maximum atomic E-state index is 11.7. The largest absolute Gasteiger partial charge is 0.317 e. The van der Waals surface area contributed by atoms with E-state index < -0.39 is 12.8 Å². The van der Waals surface area contributed by atoms with E-state index in [1.165, 1.54) is 0 Å². The zero-order chi connectivity index (χ0) is 5.70. The van der Waals surface area contributed by atoms with Gasteiger partial charge in [-0.3, -0.25) is 0 Å². The van der Waals surface area contributed by atoms with E-state index in [-0.39, 0.29) is 6.54 Å². The van der Waals surface area contributed by atoms with Crippen LogP contribution in [0.1, 0.15) is 0 Å². The number of halogens is 2. The molecule has 1 nitrogen and oxygen atoms in total. The second-order valence-corrected chi connectivity index (χ2v) is 1.31. The van der Waals surface area contributed by atoms with Crippen molar-refractivity contribution in [1.29, 1.82) is 0 Å². The minimum absolute atomic E-state index is 0.108. The number of hydrogen-bond donors (Lipinski definition) is 1. The zero-order valence-electron chi connectivity index (χ0n) is 4.25. The molecule has 0 aromatic heterocycles. The molecule has 1 atom stereocenters. The van der Waals surface area contributed by atoms with Crippen LogP contribution in [-0.2, 0) is 0 Å². The van der Waals surface area contributed by atoms with Crippen LogP contribution in [0.5, 0.6) is 0 Å². The summed E-state index contributed by atoms with van der Waals surface area (Å²) in [5.74, 6) is 0. The van der Waals surface area contributed by atoms with Gasteiger partial charge in [0.2, 0.25) is 0 Å². The summed E-state index contributed by atoms with van der Waals surface area (Å²) in [5.41, 5.74) is 0. The van der Waals surface area contributed by atoms with Gasteiger partial charge in [0.25, 0.3) is 0 Å². The molecule has 3 heteroatoms. The normalized spacial score (nSPS) is 14.1. The van der Waals surface area contributed by atoms with E-state index in [0.29, 0.717) is 0 Å². The summed E-state index contributed by atoms with van der Waals surface area (Å²) in [6.45, 7) is -0.780. The van der Waals surface area contributed by atoms with Gasteiger partial charge in [0.15, 0.2) is 0 Å². The van der Waals surface area contributed by atoms with E-state index in [2.05, 4.69) is 5.32 Å². The first-order chi connectivity index (χ1) is 3.31. The maximum absolute atomic E-state index is 11.7.